The summed E-state index contributed by atoms with van der Waals surface area (Å²) in [7, 11) is 0. The Balaban J connectivity index is 0.00000192. The Morgan fingerprint density at radius 3 is 1.13 bits per heavy atom. The van der Waals surface area contributed by atoms with E-state index in [0.717, 1.165) is 6.54 Å². The Bertz CT molecular complexity index is 603. The number of rotatable bonds is 5. The van der Waals surface area contributed by atoms with Gasteiger partial charge in [-0.1, -0.05) is 54.6 Å². The van der Waals surface area contributed by atoms with Crippen molar-refractivity contribution >= 4 is 28.7 Å². The summed E-state index contributed by atoms with van der Waals surface area (Å²) in [6.07, 6.45) is 0. The van der Waals surface area contributed by atoms with Gasteiger partial charge < -0.3 is 12.4 Å². The van der Waals surface area contributed by atoms with E-state index >= 15 is 0 Å². The van der Waals surface area contributed by atoms with Crippen molar-refractivity contribution in [1.29, 1.82) is 0 Å². The van der Waals surface area contributed by atoms with Gasteiger partial charge in [-0.3, -0.25) is 0 Å². The summed E-state index contributed by atoms with van der Waals surface area (Å²) in [6, 6.07) is 31.7. The number of para-hydroxylation sites is 3. The topological polar surface area (TPSA) is 0 Å². The molecule has 3 rings (SSSR count). The second kappa shape index (κ2) is 8.16. The number of halogens is 2. The first-order chi connectivity index (χ1) is 10.9. The van der Waals surface area contributed by atoms with Crippen molar-refractivity contribution in [3.05, 3.63) is 91.0 Å². The predicted molar refractivity (Wildman–Crippen MR) is 96.0 cm³/mol. The van der Waals surface area contributed by atoms with Crippen LogP contribution in [0.15, 0.2) is 91.0 Å². The summed E-state index contributed by atoms with van der Waals surface area (Å²) < 4.78 is 0.631. The molecule has 3 heteroatoms. The zero-order valence-corrected chi connectivity index (χ0v) is 14.3. The SMILES string of the molecule is ClCC[N+](c1ccccc1)(c1ccccc1)c1ccccc1.[Cl-]. The van der Waals surface area contributed by atoms with Gasteiger partial charge in [-0.25, -0.2) is 4.48 Å². The second-order valence-electron chi connectivity index (χ2n) is 5.23. The van der Waals surface area contributed by atoms with Gasteiger partial charge in [-0.15, -0.1) is 11.6 Å². The van der Waals surface area contributed by atoms with Gasteiger partial charge in [0.2, 0.25) is 0 Å². The predicted octanol–water partition coefficient (Wildman–Crippen LogP) is 2.90. The van der Waals surface area contributed by atoms with Crippen molar-refractivity contribution in [3.8, 4) is 0 Å². The number of nitrogens with zero attached hydrogens (tertiary/aromatic N) is 1. The van der Waals surface area contributed by atoms with Crippen LogP contribution in [0.1, 0.15) is 0 Å². The molecular formula is C20H19Cl2N. The molecule has 0 saturated carbocycles. The first-order valence-electron chi connectivity index (χ1n) is 7.49. The molecule has 0 amide bonds. The zero-order valence-electron chi connectivity index (χ0n) is 12.8. The maximum atomic E-state index is 6.22. The van der Waals surface area contributed by atoms with Crippen LogP contribution >= 0.6 is 11.6 Å². The van der Waals surface area contributed by atoms with Crippen molar-refractivity contribution in [2.45, 2.75) is 0 Å². The van der Waals surface area contributed by atoms with Gasteiger partial charge in [0.15, 0.2) is 0 Å². The van der Waals surface area contributed by atoms with Crippen LogP contribution < -0.4 is 16.9 Å². The Morgan fingerprint density at radius 2 is 0.870 bits per heavy atom. The molecule has 0 bridgehead atoms. The minimum absolute atomic E-state index is 0. The summed E-state index contributed by atoms with van der Waals surface area (Å²) in [4.78, 5) is 0. The highest BCUT2D eigenvalue weighted by atomic mass is 35.5. The molecule has 1 nitrogen and oxygen atoms in total. The third-order valence-corrected chi connectivity index (χ3v) is 4.18. The Morgan fingerprint density at radius 1 is 0.565 bits per heavy atom. The van der Waals surface area contributed by atoms with Crippen LogP contribution in [0.5, 0.6) is 0 Å². The average molecular weight is 344 g/mol. The van der Waals surface area contributed by atoms with Gasteiger partial charge in [0.1, 0.15) is 23.6 Å². The molecule has 0 heterocycles. The molecule has 0 radical (unpaired) electrons. The molecule has 0 N–H and O–H groups in total. The highest BCUT2D eigenvalue weighted by Gasteiger charge is 2.35. The maximum Gasteiger partial charge on any atom is 0.143 e. The lowest BCUT2D eigenvalue weighted by Crippen LogP contribution is -3.00. The quantitative estimate of drug-likeness (QED) is 0.493. The lowest BCUT2D eigenvalue weighted by atomic mass is 10.1. The van der Waals surface area contributed by atoms with Crippen molar-refractivity contribution in [3.63, 3.8) is 0 Å². The summed E-state index contributed by atoms with van der Waals surface area (Å²) in [5.74, 6) is 0.582. The lowest BCUT2D eigenvalue weighted by Gasteiger charge is -2.37. The first kappa shape index (κ1) is 17.6. The standard InChI is InChI=1S/C20H19ClN.ClH/c21-16-17-22(18-10-4-1-5-11-18,19-12-6-2-7-13-19)20-14-8-3-9-15-20;/h1-15H,16-17H2;1H/q+1;/p-1. The van der Waals surface area contributed by atoms with Gasteiger partial charge >= 0.3 is 0 Å². The van der Waals surface area contributed by atoms with E-state index in [2.05, 4.69) is 91.0 Å². The summed E-state index contributed by atoms with van der Waals surface area (Å²) in [5, 5.41) is 0. The molecule has 0 atom stereocenters. The van der Waals surface area contributed by atoms with Crippen LogP contribution in [0.3, 0.4) is 0 Å². The van der Waals surface area contributed by atoms with E-state index in [1.165, 1.54) is 17.1 Å². The summed E-state index contributed by atoms with van der Waals surface area (Å²) in [6.45, 7) is 0.805. The molecule has 23 heavy (non-hydrogen) atoms. The van der Waals surface area contributed by atoms with Crippen LogP contribution in [0, 0.1) is 0 Å². The minimum Gasteiger partial charge on any atom is -1.00 e. The molecule has 3 aromatic carbocycles. The monoisotopic (exact) mass is 343 g/mol. The third-order valence-electron chi connectivity index (χ3n) is 4.01. The normalized spacial score (nSPS) is 10.8. The highest BCUT2D eigenvalue weighted by Crippen LogP contribution is 2.43. The van der Waals surface area contributed by atoms with E-state index in [1.807, 2.05) is 0 Å². The van der Waals surface area contributed by atoms with Crippen LogP contribution in [0.25, 0.3) is 0 Å². The van der Waals surface area contributed by atoms with E-state index < -0.39 is 0 Å². The summed E-state index contributed by atoms with van der Waals surface area (Å²) >= 11 is 6.22. The van der Waals surface area contributed by atoms with E-state index in [0.29, 0.717) is 10.4 Å². The van der Waals surface area contributed by atoms with E-state index in [1.54, 1.807) is 0 Å². The molecule has 0 spiro atoms. The van der Waals surface area contributed by atoms with Gasteiger partial charge in [-0.05, 0) is 36.4 Å². The maximum absolute atomic E-state index is 6.22. The Kier molecular flexibility index (Phi) is 6.23. The summed E-state index contributed by atoms with van der Waals surface area (Å²) in [5.41, 5.74) is 3.67. The van der Waals surface area contributed by atoms with Crippen molar-refractivity contribution in [2.24, 2.45) is 0 Å². The minimum atomic E-state index is 0. The number of quaternary nitrogens is 1. The molecule has 118 valence electrons. The molecule has 0 fully saturated rings. The van der Waals surface area contributed by atoms with Gasteiger partial charge in [-0.2, -0.15) is 0 Å². The van der Waals surface area contributed by atoms with Gasteiger partial charge in [0, 0.05) is 0 Å². The average Bonchev–Trinajstić information content (AvgIpc) is 2.62. The lowest BCUT2D eigenvalue weighted by molar-refractivity contribution is -0.00000422. The number of hydrogen-bond donors (Lipinski definition) is 0. The first-order valence-corrected chi connectivity index (χ1v) is 8.02. The van der Waals surface area contributed by atoms with Crippen LogP contribution in [-0.4, -0.2) is 12.4 Å². The number of alkyl halides is 1. The third kappa shape index (κ3) is 3.42. The molecule has 0 saturated heterocycles. The Hall–Kier alpha value is -1.80. The smallest absolute Gasteiger partial charge is 0.143 e. The van der Waals surface area contributed by atoms with Crippen molar-refractivity contribution < 1.29 is 12.4 Å². The second-order valence-corrected chi connectivity index (χ2v) is 5.61. The molecule has 0 aliphatic rings. The van der Waals surface area contributed by atoms with Crippen molar-refractivity contribution in [1.82, 2.24) is 4.48 Å². The van der Waals surface area contributed by atoms with Gasteiger partial charge in [0.25, 0.3) is 0 Å². The van der Waals surface area contributed by atoms with Gasteiger partial charge in [0.05, 0.1) is 5.88 Å². The molecule has 0 aliphatic carbocycles. The number of hydrogen-bond acceptors (Lipinski definition) is 0. The fourth-order valence-corrected chi connectivity index (χ4v) is 3.26. The van der Waals surface area contributed by atoms with Crippen molar-refractivity contribution in [2.75, 3.05) is 12.4 Å². The van der Waals surface area contributed by atoms with E-state index in [-0.39, 0.29) is 12.4 Å². The Labute approximate surface area is 149 Å². The molecule has 0 aliphatic heterocycles. The van der Waals surface area contributed by atoms with E-state index in [4.69, 9.17) is 11.6 Å². The highest BCUT2D eigenvalue weighted by molar-refractivity contribution is 6.18. The molecular weight excluding hydrogens is 325 g/mol. The van der Waals surface area contributed by atoms with Crippen LogP contribution in [0.2, 0.25) is 0 Å². The fourth-order valence-electron chi connectivity index (χ4n) is 3.01. The van der Waals surface area contributed by atoms with Crippen LogP contribution in [-0.2, 0) is 0 Å². The van der Waals surface area contributed by atoms with E-state index in [9.17, 15) is 0 Å². The molecule has 0 unspecified atom stereocenters. The molecule has 3 aromatic rings. The largest absolute Gasteiger partial charge is 1.00 e. The van der Waals surface area contributed by atoms with Crippen LogP contribution in [0.4, 0.5) is 17.1 Å². The number of benzene rings is 3. The zero-order chi connectivity index (χ0) is 15.3. The fraction of sp³-hybridized carbons (Fsp3) is 0.100. The molecule has 0 aromatic heterocycles.